The first-order valence-electron chi connectivity index (χ1n) is 8.85. The third kappa shape index (κ3) is 5.91. The molecule has 1 N–H and O–H groups in total. The molecule has 0 bridgehead atoms. The highest BCUT2D eigenvalue weighted by molar-refractivity contribution is 9.10. The molecule has 150 valence electrons. The van der Waals surface area contributed by atoms with Gasteiger partial charge in [0, 0.05) is 27.3 Å². The summed E-state index contributed by atoms with van der Waals surface area (Å²) in [5.41, 5.74) is 1.31. The zero-order chi connectivity index (χ0) is 20.8. The lowest BCUT2D eigenvalue weighted by Crippen LogP contribution is -2.17. The first kappa shape index (κ1) is 21.5. The molecule has 2 aromatic carbocycles. The van der Waals surface area contributed by atoms with Crippen molar-refractivity contribution in [3.63, 3.8) is 0 Å². The Bertz CT molecular complexity index is 1010. The summed E-state index contributed by atoms with van der Waals surface area (Å²) in [5, 5.41) is 12.3. The summed E-state index contributed by atoms with van der Waals surface area (Å²) in [6.45, 7) is 2.55. The highest BCUT2D eigenvalue weighted by Crippen LogP contribution is 2.20. The van der Waals surface area contributed by atoms with Crippen LogP contribution in [0.5, 0.6) is 0 Å². The van der Waals surface area contributed by atoms with Crippen molar-refractivity contribution >= 4 is 56.7 Å². The summed E-state index contributed by atoms with van der Waals surface area (Å²) < 4.78 is 2.77. The van der Waals surface area contributed by atoms with E-state index in [4.69, 9.17) is 11.6 Å². The monoisotopic (exact) mass is 492 g/mol. The second-order valence-electron chi connectivity index (χ2n) is 6.09. The third-order valence-electron chi connectivity index (χ3n) is 4.05. The van der Waals surface area contributed by atoms with Crippen molar-refractivity contribution in [1.82, 2.24) is 14.8 Å². The van der Waals surface area contributed by atoms with Crippen LogP contribution in [0.1, 0.15) is 23.1 Å². The normalized spacial score (nSPS) is 10.7. The van der Waals surface area contributed by atoms with Crippen molar-refractivity contribution in [2.24, 2.45) is 0 Å². The topological polar surface area (TPSA) is 76.9 Å². The summed E-state index contributed by atoms with van der Waals surface area (Å²) in [6.07, 6.45) is 0.0880. The fourth-order valence-corrected chi connectivity index (χ4v) is 3.91. The van der Waals surface area contributed by atoms with E-state index in [-0.39, 0.29) is 23.9 Å². The molecule has 29 heavy (non-hydrogen) atoms. The number of Topliss-reactive ketones (excluding diaryl/α,β-unsaturated/α-hetero) is 1. The number of amides is 1. The molecular formula is C20H18BrClN4O2S. The zero-order valence-corrected chi connectivity index (χ0v) is 18.7. The second kappa shape index (κ2) is 10.0. The second-order valence-corrected chi connectivity index (χ2v) is 8.39. The highest BCUT2D eigenvalue weighted by atomic mass is 79.9. The Morgan fingerprint density at radius 1 is 1.10 bits per heavy atom. The Labute approximate surface area is 186 Å². The number of aromatic nitrogens is 3. The van der Waals surface area contributed by atoms with Gasteiger partial charge >= 0.3 is 0 Å². The van der Waals surface area contributed by atoms with E-state index >= 15 is 0 Å². The number of benzene rings is 2. The van der Waals surface area contributed by atoms with Gasteiger partial charge in [0.15, 0.2) is 10.9 Å². The number of hydrogen-bond donors (Lipinski definition) is 1. The van der Waals surface area contributed by atoms with Crippen LogP contribution in [0, 0.1) is 0 Å². The lowest BCUT2D eigenvalue weighted by Gasteiger charge is -2.08. The van der Waals surface area contributed by atoms with E-state index in [0.717, 1.165) is 4.47 Å². The number of nitrogens with zero attached hydrogens (tertiary/aromatic N) is 3. The molecule has 0 spiro atoms. The number of carbonyl (C=O) groups excluding carboxylic acids is 2. The van der Waals surface area contributed by atoms with Gasteiger partial charge in [-0.3, -0.25) is 9.59 Å². The maximum atomic E-state index is 12.4. The summed E-state index contributed by atoms with van der Waals surface area (Å²) in [6, 6.07) is 14.1. The molecule has 9 heteroatoms. The summed E-state index contributed by atoms with van der Waals surface area (Å²) in [5.74, 6) is 0.612. The molecule has 3 rings (SSSR count). The van der Waals surface area contributed by atoms with Gasteiger partial charge in [-0.1, -0.05) is 51.4 Å². The fourth-order valence-electron chi connectivity index (χ4n) is 2.61. The number of nitrogens with one attached hydrogen (secondary N) is 1. The molecule has 0 aliphatic heterocycles. The molecule has 0 saturated carbocycles. The van der Waals surface area contributed by atoms with Crippen LogP contribution in [0.2, 0.25) is 5.02 Å². The first-order chi connectivity index (χ1) is 14.0. The molecule has 1 amide bonds. The maximum Gasteiger partial charge on any atom is 0.232 e. The average molecular weight is 494 g/mol. The first-order valence-corrected chi connectivity index (χ1v) is 11.0. The van der Waals surface area contributed by atoms with Gasteiger partial charge < -0.3 is 9.88 Å². The number of ketones is 1. The molecule has 6 nitrogen and oxygen atoms in total. The predicted octanol–water partition coefficient (Wildman–Crippen LogP) is 4.87. The van der Waals surface area contributed by atoms with Gasteiger partial charge in [-0.2, -0.15) is 0 Å². The van der Waals surface area contributed by atoms with Crippen molar-refractivity contribution in [2.75, 3.05) is 11.1 Å². The smallest absolute Gasteiger partial charge is 0.232 e. The van der Waals surface area contributed by atoms with Crippen LogP contribution in [0.15, 0.2) is 58.2 Å². The summed E-state index contributed by atoms with van der Waals surface area (Å²) in [7, 11) is 0. The SMILES string of the molecule is CCn1c(CC(=O)Nc2ccc(Cl)cc2)nnc1SCC(=O)c1ccc(Br)cc1. The van der Waals surface area contributed by atoms with Crippen molar-refractivity contribution in [1.29, 1.82) is 0 Å². The number of thioether (sulfide) groups is 1. The van der Waals surface area contributed by atoms with Gasteiger partial charge in [-0.25, -0.2) is 0 Å². The van der Waals surface area contributed by atoms with Gasteiger partial charge in [-0.15, -0.1) is 10.2 Å². The van der Waals surface area contributed by atoms with Crippen molar-refractivity contribution in [3.8, 4) is 0 Å². The minimum absolute atomic E-state index is 0.00943. The van der Waals surface area contributed by atoms with Gasteiger partial charge in [0.2, 0.25) is 5.91 Å². The Balaban J connectivity index is 1.61. The number of hydrogen-bond acceptors (Lipinski definition) is 5. The van der Waals surface area contributed by atoms with Crippen LogP contribution in [0.25, 0.3) is 0 Å². The van der Waals surface area contributed by atoms with Gasteiger partial charge in [0.05, 0.1) is 12.2 Å². The van der Waals surface area contributed by atoms with Crippen molar-refractivity contribution in [2.45, 2.75) is 25.0 Å². The molecule has 0 unspecified atom stereocenters. The standard InChI is InChI=1S/C20H18BrClN4O2S/c1-2-26-18(11-19(28)23-16-9-7-15(22)8-10-16)24-25-20(26)29-12-17(27)13-3-5-14(21)6-4-13/h3-10H,2,11-12H2,1H3,(H,23,28). The number of halogens is 2. The number of rotatable bonds is 8. The highest BCUT2D eigenvalue weighted by Gasteiger charge is 2.16. The van der Waals surface area contributed by atoms with E-state index in [9.17, 15) is 9.59 Å². The van der Waals surface area contributed by atoms with Gasteiger partial charge in [0.25, 0.3) is 0 Å². The summed E-state index contributed by atoms with van der Waals surface area (Å²) in [4.78, 5) is 24.7. The van der Waals surface area contributed by atoms with Crippen LogP contribution in [-0.4, -0.2) is 32.2 Å². The molecule has 3 aromatic rings. The van der Waals surface area contributed by atoms with E-state index in [1.54, 1.807) is 36.4 Å². The fraction of sp³-hybridized carbons (Fsp3) is 0.200. The van der Waals surface area contributed by atoms with Crippen molar-refractivity contribution in [3.05, 3.63) is 69.4 Å². The Hall–Kier alpha value is -2.16. The van der Waals surface area contributed by atoms with E-state index in [1.165, 1.54) is 11.8 Å². The minimum Gasteiger partial charge on any atom is -0.326 e. The Morgan fingerprint density at radius 2 is 1.79 bits per heavy atom. The average Bonchev–Trinajstić information content (AvgIpc) is 3.09. The Kier molecular flexibility index (Phi) is 7.46. The van der Waals surface area contributed by atoms with E-state index in [1.807, 2.05) is 23.6 Å². The molecule has 0 aliphatic carbocycles. The molecule has 0 aliphatic rings. The predicted molar refractivity (Wildman–Crippen MR) is 119 cm³/mol. The molecule has 0 fully saturated rings. The van der Waals surface area contributed by atoms with E-state index in [0.29, 0.717) is 33.8 Å². The number of carbonyl (C=O) groups is 2. The quantitative estimate of drug-likeness (QED) is 0.358. The van der Waals surface area contributed by atoms with Gasteiger partial charge in [0.1, 0.15) is 5.82 Å². The lowest BCUT2D eigenvalue weighted by molar-refractivity contribution is -0.115. The molecule has 0 radical (unpaired) electrons. The lowest BCUT2D eigenvalue weighted by atomic mass is 10.2. The van der Waals surface area contributed by atoms with Crippen LogP contribution >= 0.6 is 39.3 Å². The summed E-state index contributed by atoms with van der Waals surface area (Å²) >= 11 is 10.5. The number of anilines is 1. The van der Waals surface area contributed by atoms with E-state index in [2.05, 4.69) is 31.4 Å². The zero-order valence-electron chi connectivity index (χ0n) is 15.6. The maximum absolute atomic E-state index is 12.4. The van der Waals surface area contributed by atoms with Crippen LogP contribution in [0.3, 0.4) is 0 Å². The van der Waals surface area contributed by atoms with Crippen molar-refractivity contribution < 1.29 is 9.59 Å². The van der Waals surface area contributed by atoms with Crippen LogP contribution in [0.4, 0.5) is 5.69 Å². The molecular weight excluding hydrogens is 476 g/mol. The van der Waals surface area contributed by atoms with Gasteiger partial charge in [-0.05, 0) is 43.3 Å². The minimum atomic E-state index is -0.197. The Morgan fingerprint density at radius 3 is 2.45 bits per heavy atom. The van der Waals surface area contributed by atoms with E-state index < -0.39 is 0 Å². The molecule has 0 saturated heterocycles. The third-order valence-corrected chi connectivity index (χ3v) is 5.80. The van der Waals surface area contributed by atoms with Crippen LogP contribution < -0.4 is 5.32 Å². The van der Waals surface area contributed by atoms with Crippen LogP contribution in [-0.2, 0) is 17.8 Å². The molecule has 1 heterocycles. The molecule has 1 aromatic heterocycles. The molecule has 0 atom stereocenters. The largest absolute Gasteiger partial charge is 0.326 e.